The van der Waals surface area contributed by atoms with Gasteiger partial charge in [-0.3, -0.25) is 19.3 Å². The number of carbonyl (C=O) groups excluding carboxylic acids is 3. The van der Waals surface area contributed by atoms with Gasteiger partial charge in [-0.05, 0) is 54.4 Å². The number of benzene rings is 2. The number of hydrogen-bond acceptors (Lipinski definition) is 4. The fourth-order valence-electron chi connectivity index (χ4n) is 3.12. The SMILES string of the molecule is O=C(C1CC1)C(c1ccccc1F)N1C(=O)S/C(=C\c2ccc(F)cc2)C1=O. The molecule has 1 heterocycles. The summed E-state index contributed by atoms with van der Waals surface area (Å²) in [4.78, 5) is 39.3. The maximum Gasteiger partial charge on any atom is 0.294 e. The molecule has 1 aliphatic carbocycles. The third-order valence-electron chi connectivity index (χ3n) is 4.70. The van der Waals surface area contributed by atoms with Crippen LogP contribution in [0.5, 0.6) is 0 Å². The van der Waals surface area contributed by atoms with Crippen LogP contribution in [0.3, 0.4) is 0 Å². The smallest absolute Gasteiger partial charge is 0.294 e. The molecule has 1 saturated carbocycles. The van der Waals surface area contributed by atoms with Gasteiger partial charge in [0.25, 0.3) is 11.1 Å². The monoisotopic (exact) mass is 399 g/mol. The summed E-state index contributed by atoms with van der Waals surface area (Å²) >= 11 is 0.689. The normalized spacial score (nSPS) is 19.4. The largest absolute Gasteiger partial charge is 0.297 e. The van der Waals surface area contributed by atoms with Crippen molar-refractivity contribution in [2.24, 2.45) is 5.92 Å². The number of rotatable bonds is 5. The van der Waals surface area contributed by atoms with Crippen LogP contribution in [0.2, 0.25) is 0 Å². The highest BCUT2D eigenvalue weighted by Gasteiger charge is 2.47. The fourth-order valence-corrected chi connectivity index (χ4v) is 3.98. The average Bonchev–Trinajstić information content (AvgIpc) is 3.48. The highest BCUT2D eigenvalue weighted by atomic mass is 32.2. The van der Waals surface area contributed by atoms with Gasteiger partial charge in [0.05, 0.1) is 4.91 Å². The summed E-state index contributed by atoms with van der Waals surface area (Å²) in [7, 11) is 0. The quantitative estimate of drug-likeness (QED) is 0.683. The van der Waals surface area contributed by atoms with Gasteiger partial charge in [-0.15, -0.1) is 0 Å². The number of nitrogens with zero attached hydrogens (tertiary/aromatic N) is 1. The summed E-state index contributed by atoms with van der Waals surface area (Å²) in [6, 6.07) is 9.85. The molecule has 0 spiro atoms. The lowest BCUT2D eigenvalue weighted by Gasteiger charge is -2.25. The molecule has 4 nitrogen and oxygen atoms in total. The predicted octanol–water partition coefficient (Wildman–Crippen LogP) is 4.72. The van der Waals surface area contributed by atoms with Gasteiger partial charge in [-0.2, -0.15) is 0 Å². The van der Waals surface area contributed by atoms with Crippen LogP contribution < -0.4 is 0 Å². The van der Waals surface area contributed by atoms with Gasteiger partial charge in [0.1, 0.15) is 17.7 Å². The van der Waals surface area contributed by atoms with E-state index in [-0.39, 0.29) is 22.2 Å². The summed E-state index contributed by atoms with van der Waals surface area (Å²) in [5, 5.41) is -0.624. The Bertz CT molecular complexity index is 999. The van der Waals surface area contributed by atoms with Gasteiger partial charge in [0.15, 0.2) is 5.78 Å². The van der Waals surface area contributed by atoms with Crippen LogP contribution >= 0.6 is 11.8 Å². The van der Waals surface area contributed by atoms with E-state index in [0.29, 0.717) is 30.2 Å². The molecule has 1 saturated heterocycles. The van der Waals surface area contributed by atoms with Crippen molar-refractivity contribution in [3.8, 4) is 0 Å². The van der Waals surface area contributed by atoms with Gasteiger partial charge in [0, 0.05) is 11.5 Å². The lowest BCUT2D eigenvalue weighted by Crippen LogP contribution is -2.38. The lowest BCUT2D eigenvalue weighted by molar-refractivity contribution is -0.133. The van der Waals surface area contributed by atoms with Gasteiger partial charge < -0.3 is 0 Å². The number of ketones is 1. The van der Waals surface area contributed by atoms with Crippen molar-refractivity contribution in [1.82, 2.24) is 4.90 Å². The number of amides is 2. The summed E-state index contributed by atoms with van der Waals surface area (Å²) in [6.45, 7) is 0. The molecule has 0 bridgehead atoms. The number of thioether (sulfide) groups is 1. The molecule has 1 aliphatic heterocycles. The third-order valence-corrected chi connectivity index (χ3v) is 5.58. The first-order valence-electron chi connectivity index (χ1n) is 8.76. The van der Waals surface area contributed by atoms with Gasteiger partial charge in [0.2, 0.25) is 0 Å². The molecule has 28 heavy (non-hydrogen) atoms. The predicted molar refractivity (Wildman–Crippen MR) is 101 cm³/mol. The van der Waals surface area contributed by atoms with Gasteiger partial charge in [-0.1, -0.05) is 30.3 Å². The number of hydrogen-bond donors (Lipinski definition) is 0. The molecule has 0 radical (unpaired) electrons. The first-order valence-corrected chi connectivity index (χ1v) is 9.58. The zero-order valence-corrected chi connectivity index (χ0v) is 15.4. The molecule has 1 unspecified atom stereocenters. The highest BCUT2D eigenvalue weighted by molar-refractivity contribution is 8.18. The Balaban J connectivity index is 1.71. The minimum atomic E-state index is -1.28. The minimum absolute atomic E-state index is 0.0183. The summed E-state index contributed by atoms with van der Waals surface area (Å²) in [5.41, 5.74) is 0.563. The third kappa shape index (κ3) is 3.49. The first kappa shape index (κ1) is 18.6. The molecule has 2 aromatic carbocycles. The van der Waals surface area contributed by atoms with Crippen molar-refractivity contribution in [2.75, 3.05) is 0 Å². The molecule has 2 fully saturated rings. The van der Waals surface area contributed by atoms with Crippen LogP contribution in [0.15, 0.2) is 53.4 Å². The maximum absolute atomic E-state index is 14.4. The van der Waals surface area contributed by atoms with E-state index in [0.717, 1.165) is 4.90 Å². The molecule has 142 valence electrons. The first-order chi connectivity index (χ1) is 13.5. The van der Waals surface area contributed by atoms with Crippen molar-refractivity contribution in [2.45, 2.75) is 18.9 Å². The van der Waals surface area contributed by atoms with Crippen molar-refractivity contribution in [1.29, 1.82) is 0 Å². The molecular weight excluding hydrogens is 384 g/mol. The Kier molecular flexibility index (Phi) is 4.85. The van der Waals surface area contributed by atoms with Crippen LogP contribution in [0, 0.1) is 17.6 Å². The van der Waals surface area contributed by atoms with Crippen LogP contribution in [-0.4, -0.2) is 21.8 Å². The molecule has 2 aromatic rings. The Morgan fingerprint density at radius 1 is 1.07 bits per heavy atom. The second kappa shape index (κ2) is 7.31. The summed E-state index contributed by atoms with van der Waals surface area (Å²) in [5.74, 6) is -2.29. The Morgan fingerprint density at radius 2 is 1.75 bits per heavy atom. The Morgan fingerprint density at radius 3 is 2.39 bits per heavy atom. The molecule has 4 rings (SSSR count). The van der Waals surface area contributed by atoms with Crippen LogP contribution in [0.4, 0.5) is 13.6 Å². The lowest BCUT2D eigenvalue weighted by atomic mass is 9.97. The van der Waals surface area contributed by atoms with E-state index < -0.39 is 28.8 Å². The van der Waals surface area contributed by atoms with Gasteiger partial charge in [-0.25, -0.2) is 8.78 Å². The van der Waals surface area contributed by atoms with E-state index in [2.05, 4.69) is 0 Å². The van der Waals surface area contributed by atoms with Crippen molar-refractivity contribution < 1.29 is 23.2 Å². The number of imide groups is 1. The van der Waals surface area contributed by atoms with Crippen molar-refractivity contribution >= 4 is 34.8 Å². The number of carbonyl (C=O) groups is 3. The average molecular weight is 399 g/mol. The zero-order chi connectivity index (χ0) is 19.8. The van der Waals surface area contributed by atoms with Crippen LogP contribution in [0.25, 0.3) is 6.08 Å². The van der Waals surface area contributed by atoms with E-state index in [1.54, 1.807) is 6.07 Å². The van der Waals surface area contributed by atoms with E-state index in [9.17, 15) is 23.2 Å². The second-order valence-electron chi connectivity index (χ2n) is 6.70. The number of halogens is 2. The fraction of sp³-hybridized carbons (Fsp3) is 0.190. The second-order valence-corrected chi connectivity index (χ2v) is 7.70. The molecule has 2 amide bonds. The molecular formula is C21H15F2NO3S. The van der Waals surface area contributed by atoms with E-state index >= 15 is 0 Å². The van der Waals surface area contributed by atoms with Crippen molar-refractivity contribution in [3.05, 3.63) is 76.2 Å². The zero-order valence-electron chi connectivity index (χ0n) is 14.6. The maximum atomic E-state index is 14.4. The van der Waals surface area contributed by atoms with E-state index in [1.807, 2.05) is 0 Å². The van der Waals surface area contributed by atoms with E-state index in [1.165, 1.54) is 48.5 Å². The van der Waals surface area contributed by atoms with Gasteiger partial charge >= 0.3 is 0 Å². The Hall–Kier alpha value is -2.80. The van der Waals surface area contributed by atoms with E-state index in [4.69, 9.17) is 0 Å². The standard InChI is InChI=1S/C21H15F2NO3S/c22-14-9-5-12(6-10-14)11-17-20(26)24(21(27)28-17)18(19(25)13-7-8-13)15-3-1-2-4-16(15)23/h1-6,9-11,13,18H,7-8H2/b17-11-. The number of Topliss-reactive ketones (excluding diaryl/α,β-unsaturated/α-hetero) is 1. The minimum Gasteiger partial charge on any atom is -0.297 e. The van der Waals surface area contributed by atoms with Crippen LogP contribution in [0.1, 0.15) is 30.0 Å². The molecule has 7 heteroatoms. The molecule has 1 atom stereocenters. The topological polar surface area (TPSA) is 54.5 Å². The summed E-state index contributed by atoms with van der Waals surface area (Å²) in [6.07, 6.45) is 2.81. The molecule has 0 aromatic heterocycles. The Labute approximate surface area is 164 Å². The molecule has 0 N–H and O–H groups in total. The van der Waals surface area contributed by atoms with Crippen LogP contribution in [-0.2, 0) is 9.59 Å². The molecule has 2 aliphatic rings. The highest BCUT2D eigenvalue weighted by Crippen LogP contribution is 2.43. The summed E-state index contributed by atoms with van der Waals surface area (Å²) < 4.78 is 27.5. The van der Waals surface area contributed by atoms with Crippen molar-refractivity contribution in [3.63, 3.8) is 0 Å².